The number of urea groups is 1. The van der Waals surface area contributed by atoms with Gasteiger partial charge in [0, 0.05) is 13.1 Å². The first kappa shape index (κ1) is 20.5. The monoisotopic (exact) mass is 375 g/mol. The molecule has 2 atom stereocenters. The van der Waals surface area contributed by atoms with E-state index in [1.807, 2.05) is 13.8 Å². The van der Waals surface area contributed by atoms with Crippen molar-refractivity contribution in [3.8, 4) is 0 Å². The molecule has 2 amide bonds. The van der Waals surface area contributed by atoms with E-state index in [1.54, 1.807) is 12.1 Å². The molecule has 8 heteroatoms. The predicted octanol–water partition coefficient (Wildman–Crippen LogP) is 3.71. The van der Waals surface area contributed by atoms with E-state index < -0.39 is 12.7 Å². The van der Waals surface area contributed by atoms with Gasteiger partial charge in [-0.05, 0) is 42.5 Å². The molecule has 2 N–H and O–H groups in total. The summed E-state index contributed by atoms with van der Waals surface area (Å²) in [5, 5.41) is 5.60. The molecule has 1 aliphatic heterocycles. The van der Waals surface area contributed by atoms with E-state index in [2.05, 4.69) is 10.6 Å². The average Bonchev–Trinajstić information content (AvgIpc) is 2.97. The van der Waals surface area contributed by atoms with Gasteiger partial charge >= 0.3 is 12.2 Å². The fourth-order valence-electron chi connectivity index (χ4n) is 3.21. The third-order valence-corrected chi connectivity index (χ3v) is 4.51. The standard InChI is InChI=1S/C18H25F4N3O/c1-12(2)16(14-3-5-15(19)6-4-14)24-17(26)23-9-13-7-8-25(10-13)11-18(20,21)22/h3-6,12-13,16H,7-11H2,1-2H3,(H2,23,24,26)/t13-,16+/m0/s1. The molecule has 0 bridgehead atoms. The van der Waals surface area contributed by atoms with E-state index in [1.165, 1.54) is 17.0 Å². The third-order valence-electron chi connectivity index (χ3n) is 4.51. The number of hydrogen-bond donors (Lipinski definition) is 2. The van der Waals surface area contributed by atoms with Crippen molar-refractivity contribution in [1.29, 1.82) is 0 Å². The molecule has 0 radical (unpaired) electrons. The smallest absolute Gasteiger partial charge is 0.338 e. The molecular weight excluding hydrogens is 350 g/mol. The summed E-state index contributed by atoms with van der Waals surface area (Å²) >= 11 is 0. The van der Waals surface area contributed by atoms with Gasteiger partial charge in [0.05, 0.1) is 12.6 Å². The highest BCUT2D eigenvalue weighted by atomic mass is 19.4. The summed E-state index contributed by atoms with van der Waals surface area (Å²) in [6.45, 7) is 4.02. The summed E-state index contributed by atoms with van der Waals surface area (Å²) in [5.41, 5.74) is 0.800. The van der Waals surface area contributed by atoms with Crippen LogP contribution >= 0.6 is 0 Å². The van der Waals surface area contributed by atoms with Crippen LogP contribution in [0.15, 0.2) is 24.3 Å². The first-order valence-corrected chi connectivity index (χ1v) is 8.73. The van der Waals surface area contributed by atoms with Gasteiger partial charge in [-0.1, -0.05) is 26.0 Å². The van der Waals surface area contributed by atoms with Gasteiger partial charge in [0.1, 0.15) is 5.82 Å². The molecule has 0 unspecified atom stereocenters. The topological polar surface area (TPSA) is 44.4 Å². The Morgan fingerprint density at radius 1 is 1.27 bits per heavy atom. The minimum absolute atomic E-state index is 0.00595. The number of amides is 2. The number of carbonyl (C=O) groups is 1. The molecule has 146 valence electrons. The molecule has 1 heterocycles. The summed E-state index contributed by atoms with van der Waals surface area (Å²) in [7, 11) is 0. The van der Waals surface area contributed by atoms with Gasteiger partial charge < -0.3 is 10.6 Å². The van der Waals surface area contributed by atoms with Crippen LogP contribution in [0.3, 0.4) is 0 Å². The Hall–Kier alpha value is -1.83. The molecule has 4 nitrogen and oxygen atoms in total. The zero-order chi connectivity index (χ0) is 19.3. The van der Waals surface area contributed by atoms with Gasteiger partial charge in [0.15, 0.2) is 0 Å². The average molecular weight is 375 g/mol. The van der Waals surface area contributed by atoms with Gasteiger partial charge in [0.25, 0.3) is 0 Å². The maximum Gasteiger partial charge on any atom is 0.401 e. The number of alkyl halides is 3. The summed E-state index contributed by atoms with van der Waals surface area (Å²) in [4.78, 5) is 13.5. The van der Waals surface area contributed by atoms with Crippen LogP contribution in [0.4, 0.5) is 22.4 Å². The lowest BCUT2D eigenvalue weighted by Gasteiger charge is -2.24. The lowest BCUT2D eigenvalue weighted by Crippen LogP contribution is -2.42. The Balaban J connectivity index is 1.81. The minimum atomic E-state index is -4.20. The number of hydrogen-bond acceptors (Lipinski definition) is 2. The first-order chi connectivity index (χ1) is 12.1. The van der Waals surface area contributed by atoms with Crippen molar-refractivity contribution in [2.24, 2.45) is 11.8 Å². The van der Waals surface area contributed by atoms with Crippen LogP contribution in [0.5, 0.6) is 0 Å². The van der Waals surface area contributed by atoms with E-state index in [4.69, 9.17) is 0 Å². The quantitative estimate of drug-likeness (QED) is 0.745. The lowest BCUT2D eigenvalue weighted by molar-refractivity contribution is -0.143. The molecule has 1 fully saturated rings. The molecule has 1 aliphatic rings. The van der Waals surface area contributed by atoms with E-state index in [0.29, 0.717) is 26.1 Å². The maximum atomic E-state index is 13.1. The van der Waals surface area contributed by atoms with Gasteiger partial charge in [0.2, 0.25) is 0 Å². The summed E-state index contributed by atoms with van der Waals surface area (Å²) < 4.78 is 50.3. The molecule has 1 saturated heterocycles. The fourth-order valence-corrected chi connectivity index (χ4v) is 3.21. The van der Waals surface area contributed by atoms with E-state index >= 15 is 0 Å². The highest BCUT2D eigenvalue weighted by Gasteiger charge is 2.34. The SMILES string of the molecule is CC(C)[C@@H](NC(=O)NC[C@@H]1CCN(CC(F)(F)F)C1)c1ccc(F)cc1. The number of benzene rings is 1. The Labute approximate surface area is 150 Å². The molecule has 0 saturated carbocycles. The second-order valence-electron chi connectivity index (χ2n) is 7.13. The zero-order valence-electron chi connectivity index (χ0n) is 14.9. The number of carbonyl (C=O) groups excluding carboxylic acids is 1. The van der Waals surface area contributed by atoms with Gasteiger partial charge in [-0.3, -0.25) is 4.90 Å². The summed E-state index contributed by atoms with van der Waals surface area (Å²) in [5.74, 6) is -0.239. The molecule has 0 aliphatic carbocycles. The lowest BCUT2D eigenvalue weighted by atomic mass is 9.96. The maximum absolute atomic E-state index is 13.1. The normalized spacial score (nSPS) is 19.6. The van der Waals surface area contributed by atoms with Crippen LogP contribution in [-0.2, 0) is 0 Å². The van der Waals surface area contributed by atoms with Crippen LogP contribution in [0, 0.1) is 17.7 Å². The molecule has 0 aromatic heterocycles. The van der Waals surface area contributed by atoms with Gasteiger partial charge in [-0.15, -0.1) is 0 Å². The number of halogens is 4. The van der Waals surface area contributed by atoms with Crippen LogP contribution in [0.25, 0.3) is 0 Å². The van der Waals surface area contributed by atoms with E-state index in [-0.39, 0.29) is 29.7 Å². The molecular formula is C18H25F4N3O. The summed E-state index contributed by atoms with van der Waals surface area (Å²) in [6, 6.07) is 5.30. The highest BCUT2D eigenvalue weighted by Crippen LogP contribution is 2.23. The highest BCUT2D eigenvalue weighted by molar-refractivity contribution is 5.74. The van der Waals surface area contributed by atoms with Gasteiger partial charge in [-0.25, -0.2) is 9.18 Å². The Morgan fingerprint density at radius 3 is 2.50 bits per heavy atom. The number of rotatable bonds is 6. The van der Waals surface area contributed by atoms with Crippen LogP contribution in [0.2, 0.25) is 0 Å². The fraction of sp³-hybridized carbons (Fsp3) is 0.611. The van der Waals surface area contributed by atoms with Crippen LogP contribution < -0.4 is 10.6 Å². The molecule has 1 aromatic carbocycles. The van der Waals surface area contributed by atoms with Crippen molar-refractivity contribution in [3.63, 3.8) is 0 Å². The first-order valence-electron chi connectivity index (χ1n) is 8.73. The Morgan fingerprint density at radius 2 is 1.92 bits per heavy atom. The third kappa shape index (κ3) is 6.48. The predicted molar refractivity (Wildman–Crippen MR) is 91.1 cm³/mol. The van der Waals surface area contributed by atoms with Gasteiger partial charge in [-0.2, -0.15) is 13.2 Å². The van der Waals surface area contributed by atoms with Crippen molar-refractivity contribution in [2.45, 2.75) is 32.5 Å². The van der Waals surface area contributed by atoms with Crippen molar-refractivity contribution in [1.82, 2.24) is 15.5 Å². The van der Waals surface area contributed by atoms with Crippen molar-refractivity contribution < 1.29 is 22.4 Å². The number of nitrogens with one attached hydrogen (secondary N) is 2. The van der Waals surface area contributed by atoms with Crippen molar-refractivity contribution in [2.75, 3.05) is 26.2 Å². The number of likely N-dealkylation sites (tertiary alicyclic amines) is 1. The number of nitrogens with zero attached hydrogens (tertiary/aromatic N) is 1. The van der Waals surface area contributed by atoms with E-state index in [0.717, 1.165) is 5.56 Å². The largest absolute Gasteiger partial charge is 0.401 e. The molecule has 26 heavy (non-hydrogen) atoms. The molecule has 1 aromatic rings. The second-order valence-corrected chi connectivity index (χ2v) is 7.13. The minimum Gasteiger partial charge on any atom is -0.338 e. The molecule has 2 rings (SSSR count). The Bertz CT molecular complexity index is 589. The zero-order valence-corrected chi connectivity index (χ0v) is 14.9. The van der Waals surface area contributed by atoms with E-state index in [9.17, 15) is 22.4 Å². The van der Waals surface area contributed by atoms with Crippen molar-refractivity contribution >= 4 is 6.03 Å². The second kappa shape index (κ2) is 8.70. The van der Waals surface area contributed by atoms with Crippen LogP contribution in [-0.4, -0.2) is 43.3 Å². The Kier molecular flexibility index (Phi) is 6.86. The van der Waals surface area contributed by atoms with Crippen molar-refractivity contribution in [3.05, 3.63) is 35.6 Å². The van der Waals surface area contributed by atoms with Crippen LogP contribution in [0.1, 0.15) is 31.9 Å². The molecule has 0 spiro atoms. The summed E-state index contributed by atoms with van der Waals surface area (Å²) in [6.07, 6.45) is -3.57.